The SMILES string of the molecule is CCCCCCN(C(=O)C(CC(N)=O)NC(=O)OC(C)(C)C)C(C(=O)NCCCCC)c1cccc(C)c1O. The van der Waals surface area contributed by atoms with E-state index in [1.54, 1.807) is 45.9 Å². The van der Waals surface area contributed by atoms with Gasteiger partial charge < -0.3 is 31.1 Å². The van der Waals surface area contributed by atoms with Gasteiger partial charge in [-0.1, -0.05) is 64.2 Å². The first-order valence-corrected chi connectivity index (χ1v) is 14.0. The Labute approximate surface area is 233 Å². The maximum Gasteiger partial charge on any atom is 0.408 e. The van der Waals surface area contributed by atoms with Gasteiger partial charge in [0, 0.05) is 18.7 Å². The molecule has 10 heteroatoms. The number of primary amides is 1. The summed E-state index contributed by atoms with van der Waals surface area (Å²) < 4.78 is 5.30. The van der Waals surface area contributed by atoms with Crippen molar-refractivity contribution in [1.82, 2.24) is 15.5 Å². The third-order valence-corrected chi connectivity index (χ3v) is 6.13. The molecule has 10 nitrogen and oxygen atoms in total. The molecule has 220 valence electrons. The Bertz CT molecular complexity index is 960. The number of hydrogen-bond acceptors (Lipinski definition) is 6. The van der Waals surface area contributed by atoms with Crippen molar-refractivity contribution in [3.8, 4) is 5.75 Å². The monoisotopic (exact) mass is 548 g/mol. The van der Waals surface area contributed by atoms with E-state index in [1.807, 2.05) is 0 Å². The van der Waals surface area contributed by atoms with Crippen LogP contribution in [-0.4, -0.2) is 58.6 Å². The molecule has 1 aromatic rings. The van der Waals surface area contributed by atoms with Gasteiger partial charge in [0.15, 0.2) is 0 Å². The molecule has 0 aliphatic heterocycles. The number of aryl methyl sites for hydroxylation is 1. The van der Waals surface area contributed by atoms with Crippen LogP contribution in [0.4, 0.5) is 4.79 Å². The summed E-state index contributed by atoms with van der Waals surface area (Å²) in [7, 11) is 0. The molecular formula is C29H48N4O6. The summed E-state index contributed by atoms with van der Waals surface area (Å²) in [5.41, 5.74) is 5.42. The topological polar surface area (TPSA) is 151 Å². The van der Waals surface area contributed by atoms with E-state index in [0.29, 0.717) is 18.5 Å². The number of nitrogens with zero attached hydrogens (tertiary/aromatic N) is 1. The van der Waals surface area contributed by atoms with Crippen LogP contribution in [0.2, 0.25) is 0 Å². The van der Waals surface area contributed by atoms with Crippen LogP contribution in [0.5, 0.6) is 5.75 Å². The highest BCUT2D eigenvalue weighted by molar-refractivity contribution is 5.94. The zero-order valence-corrected chi connectivity index (χ0v) is 24.5. The normalized spacial score (nSPS) is 12.8. The van der Waals surface area contributed by atoms with Gasteiger partial charge in [-0.15, -0.1) is 0 Å². The Kier molecular flexibility index (Phi) is 14.4. The molecular weight excluding hydrogens is 500 g/mol. The number of aromatic hydroxyl groups is 1. The van der Waals surface area contributed by atoms with Crippen LogP contribution in [0.3, 0.4) is 0 Å². The molecule has 0 fully saturated rings. The summed E-state index contributed by atoms with van der Waals surface area (Å²) in [6.45, 7) is 11.4. The summed E-state index contributed by atoms with van der Waals surface area (Å²) in [5.74, 6) is -2.00. The van der Waals surface area contributed by atoms with Gasteiger partial charge in [-0.3, -0.25) is 14.4 Å². The molecule has 0 radical (unpaired) electrons. The molecule has 4 amide bonds. The average Bonchev–Trinajstić information content (AvgIpc) is 2.83. The van der Waals surface area contributed by atoms with Crippen molar-refractivity contribution in [3.05, 3.63) is 29.3 Å². The van der Waals surface area contributed by atoms with Crippen LogP contribution in [0.15, 0.2) is 18.2 Å². The second-order valence-corrected chi connectivity index (χ2v) is 10.9. The van der Waals surface area contributed by atoms with Gasteiger partial charge in [-0.05, 0) is 46.1 Å². The third-order valence-electron chi connectivity index (χ3n) is 6.13. The van der Waals surface area contributed by atoms with Crippen LogP contribution in [0.1, 0.15) is 103 Å². The molecule has 1 rings (SSSR count). The number of phenolic OH excluding ortho intramolecular Hbond substituents is 1. The number of carbonyl (C=O) groups excluding carboxylic acids is 4. The Balaban J connectivity index is 3.53. The molecule has 0 saturated carbocycles. The second kappa shape index (κ2) is 16.6. The molecule has 5 N–H and O–H groups in total. The number of carbonyl (C=O) groups is 4. The fourth-order valence-electron chi connectivity index (χ4n) is 4.16. The lowest BCUT2D eigenvalue weighted by molar-refractivity contribution is -0.143. The molecule has 39 heavy (non-hydrogen) atoms. The predicted octanol–water partition coefficient (Wildman–Crippen LogP) is 4.23. The largest absolute Gasteiger partial charge is 0.507 e. The number of nitrogens with one attached hydrogen (secondary N) is 2. The van der Waals surface area contributed by atoms with Gasteiger partial charge in [0.05, 0.1) is 6.42 Å². The van der Waals surface area contributed by atoms with E-state index < -0.39 is 47.9 Å². The van der Waals surface area contributed by atoms with Crippen molar-refractivity contribution in [2.24, 2.45) is 5.73 Å². The van der Waals surface area contributed by atoms with Crippen LogP contribution in [-0.2, 0) is 19.1 Å². The van der Waals surface area contributed by atoms with Gasteiger partial charge in [0.2, 0.25) is 17.7 Å². The van der Waals surface area contributed by atoms with E-state index in [2.05, 4.69) is 24.5 Å². The molecule has 1 aromatic carbocycles. The highest BCUT2D eigenvalue weighted by Crippen LogP contribution is 2.32. The lowest BCUT2D eigenvalue weighted by atomic mass is 9.98. The number of phenols is 1. The number of para-hydroxylation sites is 1. The van der Waals surface area contributed by atoms with Crippen molar-refractivity contribution >= 4 is 23.8 Å². The molecule has 0 saturated heterocycles. The summed E-state index contributed by atoms with van der Waals surface area (Å²) in [5, 5.41) is 16.3. The maximum atomic E-state index is 14.0. The molecule has 0 heterocycles. The number of ether oxygens (including phenoxy) is 1. The summed E-state index contributed by atoms with van der Waals surface area (Å²) in [6, 6.07) is 2.49. The van der Waals surface area contributed by atoms with Crippen LogP contribution in [0, 0.1) is 6.92 Å². The van der Waals surface area contributed by atoms with E-state index in [1.165, 1.54) is 4.90 Å². The maximum absolute atomic E-state index is 14.0. The number of hydrogen-bond donors (Lipinski definition) is 4. The van der Waals surface area contributed by atoms with Crippen LogP contribution >= 0.6 is 0 Å². The first-order valence-electron chi connectivity index (χ1n) is 14.0. The Morgan fingerprint density at radius 2 is 1.67 bits per heavy atom. The molecule has 0 aromatic heterocycles. The minimum Gasteiger partial charge on any atom is -0.507 e. The van der Waals surface area contributed by atoms with Crippen molar-refractivity contribution < 1.29 is 29.0 Å². The van der Waals surface area contributed by atoms with Crippen LogP contribution in [0.25, 0.3) is 0 Å². The number of alkyl carbamates (subject to hydrolysis) is 1. The lowest BCUT2D eigenvalue weighted by Gasteiger charge is -2.34. The smallest absolute Gasteiger partial charge is 0.408 e. The summed E-state index contributed by atoms with van der Waals surface area (Å²) in [6.07, 6.45) is 4.62. The van der Waals surface area contributed by atoms with Crippen molar-refractivity contribution in [2.45, 2.75) is 111 Å². The fourth-order valence-corrected chi connectivity index (χ4v) is 4.16. The first kappa shape index (κ1) is 33.7. The van der Waals surface area contributed by atoms with E-state index in [9.17, 15) is 24.3 Å². The Morgan fingerprint density at radius 1 is 1.03 bits per heavy atom. The Hall–Kier alpha value is -3.30. The standard InChI is InChI=1S/C29H48N4O6/c1-7-9-11-13-18-33(27(37)22(19-23(30)34)32-28(38)39-29(4,5)6)24(26(36)31-17-12-10-8-2)21-16-14-15-20(3)25(21)35/h14-16,22,24,35H,7-13,17-19H2,1-6H3,(H2,30,34)(H,31,36)(H,32,38). The van der Waals surface area contributed by atoms with Crippen molar-refractivity contribution in [2.75, 3.05) is 13.1 Å². The van der Waals surface area contributed by atoms with Crippen LogP contribution < -0.4 is 16.4 Å². The van der Waals surface area contributed by atoms with Gasteiger partial charge in [-0.2, -0.15) is 0 Å². The molecule has 2 unspecified atom stereocenters. The van der Waals surface area contributed by atoms with E-state index in [0.717, 1.165) is 38.5 Å². The van der Waals surface area contributed by atoms with E-state index in [-0.39, 0.29) is 17.9 Å². The van der Waals surface area contributed by atoms with Gasteiger partial charge in [0.25, 0.3) is 0 Å². The van der Waals surface area contributed by atoms with Gasteiger partial charge in [-0.25, -0.2) is 4.79 Å². The summed E-state index contributed by atoms with van der Waals surface area (Å²) in [4.78, 5) is 53.5. The lowest BCUT2D eigenvalue weighted by Crippen LogP contribution is -2.54. The van der Waals surface area contributed by atoms with E-state index >= 15 is 0 Å². The van der Waals surface area contributed by atoms with Gasteiger partial charge >= 0.3 is 6.09 Å². The first-order chi connectivity index (χ1) is 18.3. The number of amides is 4. The van der Waals surface area contributed by atoms with E-state index in [4.69, 9.17) is 10.5 Å². The van der Waals surface area contributed by atoms with Gasteiger partial charge in [0.1, 0.15) is 23.4 Å². The quantitative estimate of drug-likeness (QED) is 0.227. The third kappa shape index (κ3) is 12.0. The number of unbranched alkanes of at least 4 members (excludes halogenated alkanes) is 5. The number of nitrogens with two attached hydrogens (primary N) is 1. The molecule has 0 aliphatic rings. The predicted molar refractivity (Wildman–Crippen MR) is 151 cm³/mol. The zero-order valence-electron chi connectivity index (χ0n) is 24.5. The minimum atomic E-state index is -1.36. The van der Waals surface area contributed by atoms with Crippen molar-refractivity contribution in [1.29, 1.82) is 0 Å². The number of benzene rings is 1. The minimum absolute atomic E-state index is 0.0934. The van der Waals surface area contributed by atoms with Crippen molar-refractivity contribution in [3.63, 3.8) is 0 Å². The number of rotatable bonds is 16. The highest BCUT2D eigenvalue weighted by atomic mass is 16.6. The summed E-state index contributed by atoms with van der Waals surface area (Å²) >= 11 is 0. The molecule has 2 atom stereocenters. The Morgan fingerprint density at radius 3 is 2.26 bits per heavy atom. The zero-order chi connectivity index (χ0) is 29.6. The molecule has 0 spiro atoms. The second-order valence-electron chi connectivity index (χ2n) is 10.9. The molecule has 0 bridgehead atoms. The average molecular weight is 549 g/mol. The molecule has 0 aliphatic carbocycles. The fraction of sp³-hybridized carbons (Fsp3) is 0.655. The highest BCUT2D eigenvalue weighted by Gasteiger charge is 2.38.